The average Bonchev–Trinajstić information content (AvgIpc) is 3.10. The van der Waals surface area contributed by atoms with E-state index in [2.05, 4.69) is 25.4 Å². The van der Waals surface area contributed by atoms with E-state index in [9.17, 15) is 26.3 Å². The van der Waals surface area contributed by atoms with Crippen LogP contribution in [0.15, 0.2) is 70.5 Å². The molecule has 0 aliphatic heterocycles. The van der Waals surface area contributed by atoms with Crippen LogP contribution in [-0.4, -0.2) is 12.7 Å². The van der Waals surface area contributed by atoms with Crippen LogP contribution in [0.2, 0.25) is 0 Å². The molecule has 0 bridgehead atoms. The topological polar surface area (TPSA) is 18.5 Å². The van der Waals surface area contributed by atoms with E-state index >= 15 is 0 Å². The molecule has 0 atom stereocenters. The molecule has 0 saturated heterocycles. The molecule has 0 amide bonds. The Kier molecular flexibility index (Phi) is 7.36. The highest BCUT2D eigenvalue weighted by molar-refractivity contribution is 9.10. The lowest BCUT2D eigenvalue weighted by Gasteiger charge is -2.11. The third-order valence-electron chi connectivity index (χ3n) is 2.96. The quantitative estimate of drug-likeness (QED) is 0.355. The second-order valence-electron chi connectivity index (χ2n) is 5.00. The van der Waals surface area contributed by atoms with Crippen LogP contribution >= 0.6 is 27.3 Å². The van der Waals surface area contributed by atoms with Gasteiger partial charge in [0.2, 0.25) is 0 Å². The molecule has 0 saturated carbocycles. The van der Waals surface area contributed by atoms with E-state index in [1.54, 1.807) is 35.7 Å². The number of rotatable bonds is 3. The van der Waals surface area contributed by atoms with Crippen molar-refractivity contribution in [2.45, 2.75) is 12.7 Å². The molecule has 10 heteroatoms. The second-order valence-corrected chi connectivity index (χ2v) is 6.80. The van der Waals surface area contributed by atoms with Gasteiger partial charge in [0.1, 0.15) is 11.5 Å². The molecule has 0 spiro atoms. The minimum atomic E-state index is -4.66. The van der Waals surface area contributed by atoms with E-state index in [1.807, 2.05) is 0 Å². The standard InChI is InChI=1S/C11H7F3OS.C7H4BrF3O/c12-11(13,14)15-9-5-2-1-4-8(9)10-6-3-7-16-10;8-5-3-1-2-4-6(5)12-7(9,10)11/h1-7H;1-4H. The van der Waals surface area contributed by atoms with Crippen LogP contribution in [0.5, 0.6) is 11.5 Å². The number of hydrogen-bond donors (Lipinski definition) is 0. The van der Waals surface area contributed by atoms with Crippen molar-refractivity contribution in [1.29, 1.82) is 0 Å². The summed E-state index contributed by atoms with van der Waals surface area (Å²) in [5.74, 6) is -0.401. The zero-order valence-corrected chi connectivity index (χ0v) is 16.1. The summed E-state index contributed by atoms with van der Waals surface area (Å²) in [4.78, 5) is 0.750. The van der Waals surface area contributed by atoms with Crippen LogP contribution in [0.25, 0.3) is 10.4 Å². The van der Waals surface area contributed by atoms with E-state index in [-0.39, 0.29) is 16.0 Å². The van der Waals surface area contributed by atoms with Crippen LogP contribution in [0.3, 0.4) is 0 Å². The lowest BCUT2D eigenvalue weighted by Crippen LogP contribution is -2.17. The van der Waals surface area contributed by atoms with Gasteiger partial charge in [-0.15, -0.1) is 37.7 Å². The largest absolute Gasteiger partial charge is 0.573 e. The Balaban J connectivity index is 0.000000209. The van der Waals surface area contributed by atoms with Crippen molar-refractivity contribution in [3.63, 3.8) is 0 Å². The monoisotopic (exact) mass is 484 g/mol. The van der Waals surface area contributed by atoms with Gasteiger partial charge in [-0.05, 0) is 51.6 Å². The van der Waals surface area contributed by atoms with Crippen LogP contribution in [0.1, 0.15) is 0 Å². The maximum Gasteiger partial charge on any atom is 0.573 e. The Morgan fingerprint density at radius 3 is 1.75 bits per heavy atom. The number of benzene rings is 2. The minimum absolute atomic E-state index is 0.169. The van der Waals surface area contributed by atoms with E-state index in [1.165, 1.54) is 41.7 Å². The molecule has 3 aromatic rings. The van der Waals surface area contributed by atoms with E-state index in [4.69, 9.17) is 0 Å². The molecular formula is C18H11BrF6O2S. The minimum Gasteiger partial charge on any atom is -0.405 e. The van der Waals surface area contributed by atoms with Gasteiger partial charge in [-0.2, -0.15) is 0 Å². The van der Waals surface area contributed by atoms with Crippen molar-refractivity contribution in [1.82, 2.24) is 0 Å². The molecule has 0 radical (unpaired) electrons. The van der Waals surface area contributed by atoms with Gasteiger partial charge in [-0.25, -0.2) is 0 Å². The fourth-order valence-corrected chi connectivity index (χ4v) is 3.09. The van der Waals surface area contributed by atoms with Crippen molar-refractivity contribution in [2.24, 2.45) is 0 Å². The molecule has 0 aliphatic carbocycles. The highest BCUT2D eigenvalue weighted by Crippen LogP contribution is 2.35. The fourth-order valence-electron chi connectivity index (χ4n) is 1.97. The number of hydrogen-bond acceptors (Lipinski definition) is 3. The van der Waals surface area contributed by atoms with E-state index in [0.717, 1.165) is 4.88 Å². The molecule has 2 nitrogen and oxygen atoms in total. The first-order chi connectivity index (χ1) is 13.1. The summed E-state index contributed by atoms with van der Waals surface area (Å²) in [6.07, 6.45) is -9.29. The van der Waals surface area contributed by atoms with Crippen LogP contribution in [0, 0.1) is 0 Å². The number of thiophene rings is 1. The Labute approximate surface area is 168 Å². The number of halogens is 7. The first-order valence-corrected chi connectivity index (χ1v) is 9.11. The molecular weight excluding hydrogens is 474 g/mol. The summed E-state index contributed by atoms with van der Waals surface area (Å²) < 4.78 is 79.4. The molecule has 0 fully saturated rings. The Bertz CT molecular complexity index is 878. The maximum atomic E-state index is 12.1. The van der Waals surface area contributed by atoms with Gasteiger partial charge in [-0.3, -0.25) is 0 Å². The molecule has 0 unspecified atom stereocenters. The fraction of sp³-hybridized carbons (Fsp3) is 0.111. The summed E-state index contributed by atoms with van der Waals surface area (Å²) >= 11 is 4.29. The van der Waals surface area contributed by atoms with Gasteiger partial charge >= 0.3 is 12.7 Å². The summed E-state index contributed by atoms with van der Waals surface area (Å²) in [5, 5.41) is 1.81. The molecule has 1 aromatic heterocycles. The summed E-state index contributed by atoms with van der Waals surface area (Å²) in [5.41, 5.74) is 0.454. The van der Waals surface area contributed by atoms with Crippen LogP contribution in [-0.2, 0) is 0 Å². The number of para-hydroxylation sites is 2. The number of ether oxygens (including phenoxy) is 2. The average molecular weight is 485 g/mol. The van der Waals surface area contributed by atoms with Gasteiger partial charge in [-0.1, -0.05) is 30.3 Å². The third-order valence-corrected chi connectivity index (χ3v) is 4.52. The van der Waals surface area contributed by atoms with Gasteiger partial charge in [0, 0.05) is 10.4 Å². The molecule has 0 aliphatic rings. The first-order valence-electron chi connectivity index (χ1n) is 7.44. The van der Waals surface area contributed by atoms with Crippen molar-refractivity contribution in [3.05, 3.63) is 70.5 Å². The van der Waals surface area contributed by atoms with Crippen molar-refractivity contribution >= 4 is 27.3 Å². The second kappa shape index (κ2) is 9.33. The van der Waals surface area contributed by atoms with Crippen molar-refractivity contribution in [2.75, 3.05) is 0 Å². The summed E-state index contributed by atoms with van der Waals surface area (Å²) in [7, 11) is 0. The van der Waals surface area contributed by atoms with Gasteiger partial charge < -0.3 is 9.47 Å². The van der Waals surface area contributed by atoms with Crippen LogP contribution < -0.4 is 9.47 Å². The van der Waals surface area contributed by atoms with Crippen LogP contribution in [0.4, 0.5) is 26.3 Å². The third kappa shape index (κ3) is 7.43. The maximum absolute atomic E-state index is 12.1. The molecule has 28 heavy (non-hydrogen) atoms. The predicted molar refractivity (Wildman–Crippen MR) is 97.3 cm³/mol. The molecule has 0 N–H and O–H groups in total. The Morgan fingerprint density at radius 1 is 0.679 bits per heavy atom. The summed E-state index contributed by atoms with van der Waals surface area (Å²) in [6.45, 7) is 0. The first kappa shape index (κ1) is 22.1. The Morgan fingerprint density at radius 2 is 1.21 bits per heavy atom. The summed E-state index contributed by atoms with van der Waals surface area (Å²) in [6, 6.07) is 15.4. The van der Waals surface area contributed by atoms with Crippen molar-refractivity contribution < 1.29 is 35.8 Å². The smallest absolute Gasteiger partial charge is 0.405 e. The molecule has 150 valence electrons. The Hall–Kier alpha value is -2.20. The predicted octanol–water partition coefficient (Wildman–Crippen LogP) is 7.66. The van der Waals surface area contributed by atoms with Gasteiger partial charge in [0.25, 0.3) is 0 Å². The lowest BCUT2D eigenvalue weighted by atomic mass is 10.1. The highest BCUT2D eigenvalue weighted by atomic mass is 79.9. The van der Waals surface area contributed by atoms with Gasteiger partial charge in [0.05, 0.1) is 4.47 Å². The highest BCUT2D eigenvalue weighted by Gasteiger charge is 2.32. The zero-order chi connectivity index (χ0) is 20.8. The van der Waals surface area contributed by atoms with Crippen molar-refractivity contribution in [3.8, 4) is 21.9 Å². The SMILES string of the molecule is FC(F)(F)Oc1ccccc1-c1cccs1.FC(F)(F)Oc1ccccc1Br. The number of alkyl halides is 6. The normalized spacial score (nSPS) is 11.4. The molecule has 2 aromatic carbocycles. The lowest BCUT2D eigenvalue weighted by molar-refractivity contribution is -0.275. The molecule has 1 heterocycles. The molecule has 3 rings (SSSR count). The van der Waals surface area contributed by atoms with Gasteiger partial charge in [0.15, 0.2) is 0 Å². The zero-order valence-electron chi connectivity index (χ0n) is 13.7. The van der Waals surface area contributed by atoms with E-state index in [0.29, 0.717) is 5.56 Å². The van der Waals surface area contributed by atoms with E-state index < -0.39 is 12.7 Å².